The van der Waals surface area contributed by atoms with Crippen LogP contribution < -0.4 is 4.72 Å². The topological polar surface area (TPSA) is 58.6 Å². The second-order valence-electron chi connectivity index (χ2n) is 5.94. The molecule has 1 N–H and O–H groups in total. The lowest BCUT2D eigenvalue weighted by molar-refractivity contribution is 0.0979. The van der Waals surface area contributed by atoms with Gasteiger partial charge in [-0.15, -0.1) is 0 Å². The van der Waals surface area contributed by atoms with Crippen LogP contribution in [0.2, 0.25) is 0 Å². The third-order valence-corrected chi connectivity index (χ3v) is 6.36. The van der Waals surface area contributed by atoms with E-state index in [1.165, 1.54) is 12.8 Å². The summed E-state index contributed by atoms with van der Waals surface area (Å²) in [5.41, 5.74) is 0. The Kier molecular flexibility index (Phi) is 6.26. The summed E-state index contributed by atoms with van der Waals surface area (Å²) in [5.74, 6) is 0. The van der Waals surface area contributed by atoms with E-state index in [4.69, 9.17) is 4.74 Å². The van der Waals surface area contributed by atoms with Gasteiger partial charge < -0.3 is 9.64 Å². The monoisotopic (exact) mass is 304 g/mol. The van der Waals surface area contributed by atoms with Gasteiger partial charge in [0.2, 0.25) is 10.0 Å². The third kappa shape index (κ3) is 4.69. The van der Waals surface area contributed by atoms with Crippen LogP contribution in [0.5, 0.6) is 0 Å². The lowest BCUT2D eigenvalue weighted by Crippen LogP contribution is -2.48. The maximum absolute atomic E-state index is 12.3. The Bertz CT molecular complexity index is 372. The number of nitrogens with one attached hydrogen (secondary N) is 1. The summed E-state index contributed by atoms with van der Waals surface area (Å²) >= 11 is 0. The molecular formula is C14H28N2O3S. The number of sulfonamides is 1. The highest BCUT2D eigenvalue weighted by Gasteiger charge is 2.31. The van der Waals surface area contributed by atoms with Crippen molar-refractivity contribution in [2.45, 2.75) is 56.7 Å². The lowest BCUT2D eigenvalue weighted by atomic mass is 10.1. The zero-order valence-corrected chi connectivity index (χ0v) is 13.3. The zero-order valence-electron chi connectivity index (χ0n) is 12.5. The molecule has 0 aromatic carbocycles. The summed E-state index contributed by atoms with van der Waals surface area (Å²) in [6.45, 7) is 6.52. The Hall–Kier alpha value is -0.170. The number of unbranched alkanes of at least 4 members (excludes halogenated alkanes) is 1. The van der Waals surface area contributed by atoms with E-state index < -0.39 is 10.0 Å². The lowest BCUT2D eigenvalue weighted by Gasteiger charge is -2.33. The molecule has 0 saturated carbocycles. The van der Waals surface area contributed by atoms with E-state index in [2.05, 4.69) is 16.5 Å². The van der Waals surface area contributed by atoms with Gasteiger partial charge in [-0.05, 0) is 51.7 Å². The van der Waals surface area contributed by atoms with Gasteiger partial charge >= 0.3 is 0 Å². The van der Waals surface area contributed by atoms with Crippen LogP contribution in [0, 0.1) is 0 Å². The van der Waals surface area contributed by atoms with Crippen LogP contribution in [0.25, 0.3) is 0 Å². The molecule has 2 rings (SSSR count). The molecule has 0 radical (unpaired) electrons. The number of nitrogens with zero attached hydrogens (tertiary/aromatic N) is 1. The summed E-state index contributed by atoms with van der Waals surface area (Å²) in [7, 11) is -3.17. The molecule has 2 aliphatic rings. The first kappa shape index (κ1) is 16.2. The first-order valence-electron chi connectivity index (χ1n) is 7.93. The summed E-state index contributed by atoms with van der Waals surface area (Å²) in [4.78, 5) is 2.45. The number of ether oxygens (including phenoxy) is 1. The molecule has 0 aromatic heterocycles. The molecule has 118 valence electrons. The average molecular weight is 304 g/mol. The summed E-state index contributed by atoms with van der Waals surface area (Å²) < 4.78 is 32.8. The van der Waals surface area contributed by atoms with Gasteiger partial charge in [0.15, 0.2) is 0 Å². The average Bonchev–Trinajstić information content (AvgIpc) is 2.47. The van der Waals surface area contributed by atoms with E-state index >= 15 is 0 Å². The zero-order chi connectivity index (χ0) is 14.4. The van der Waals surface area contributed by atoms with E-state index in [9.17, 15) is 8.42 Å². The van der Waals surface area contributed by atoms with Gasteiger partial charge in [-0.1, -0.05) is 13.3 Å². The number of hydrogen-bond donors (Lipinski definition) is 1. The standard InChI is InChI=1S/C14H28N2O3S/c1-2-3-8-16-9-4-13(5-10-16)15-20(17,18)14-6-11-19-12-7-14/h13-15H,2-12H2,1H3. The SMILES string of the molecule is CCCCN1CCC(NS(=O)(=O)C2CCOCC2)CC1. The molecule has 0 atom stereocenters. The van der Waals surface area contributed by atoms with Gasteiger partial charge in [-0.3, -0.25) is 0 Å². The van der Waals surface area contributed by atoms with E-state index in [0.29, 0.717) is 26.1 Å². The summed E-state index contributed by atoms with van der Waals surface area (Å²) in [6, 6.07) is 0.126. The molecule has 2 saturated heterocycles. The molecule has 0 aromatic rings. The number of piperidine rings is 1. The van der Waals surface area contributed by atoms with Crippen molar-refractivity contribution in [1.82, 2.24) is 9.62 Å². The first-order chi connectivity index (χ1) is 9.62. The highest BCUT2D eigenvalue weighted by Crippen LogP contribution is 2.18. The highest BCUT2D eigenvalue weighted by atomic mass is 32.2. The molecule has 2 heterocycles. The van der Waals surface area contributed by atoms with E-state index in [0.717, 1.165) is 32.5 Å². The van der Waals surface area contributed by atoms with Crippen LogP contribution in [-0.4, -0.2) is 57.5 Å². The fraction of sp³-hybridized carbons (Fsp3) is 1.00. The smallest absolute Gasteiger partial charge is 0.214 e. The minimum Gasteiger partial charge on any atom is -0.381 e. The van der Waals surface area contributed by atoms with E-state index in [1.54, 1.807) is 0 Å². The third-order valence-electron chi connectivity index (χ3n) is 4.35. The van der Waals surface area contributed by atoms with Crippen molar-refractivity contribution >= 4 is 10.0 Å². The predicted octanol–water partition coefficient (Wildman–Crippen LogP) is 1.35. The molecule has 0 aliphatic carbocycles. The van der Waals surface area contributed by atoms with Gasteiger partial charge in [0.05, 0.1) is 5.25 Å². The number of hydrogen-bond acceptors (Lipinski definition) is 4. The van der Waals surface area contributed by atoms with Crippen LogP contribution in [0.4, 0.5) is 0 Å². The molecule has 2 fully saturated rings. The number of rotatable bonds is 6. The Balaban J connectivity index is 1.76. The second-order valence-corrected chi connectivity index (χ2v) is 7.94. The molecular weight excluding hydrogens is 276 g/mol. The molecule has 2 aliphatic heterocycles. The van der Waals surface area contributed by atoms with E-state index in [1.807, 2.05) is 0 Å². The highest BCUT2D eigenvalue weighted by molar-refractivity contribution is 7.90. The molecule has 20 heavy (non-hydrogen) atoms. The van der Waals surface area contributed by atoms with Crippen LogP contribution in [0.3, 0.4) is 0 Å². The van der Waals surface area contributed by atoms with Crippen molar-refractivity contribution in [2.75, 3.05) is 32.8 Å². The Morgan fingerprint density at radius 2 is 1.80 bits per heavy atom. The molecule has 0 bridgehead atoms. The molecule has 5 nitrogen and oxygen atoms in total. The van der Waals surface area contributed by atoms with Crippen molar-refractivity contribution < 1.29 is 13.2 Å². The Labute approximate surface area is 123 Å². The molecule has 0 spiro atoms. The van der Waals surface area contributed by atoms with Crippen LogP contribution >= 0.6 is 0 Å². The van der Waals surface area contributed by atoms with Crippen molar-refractivity contribution in [1.29, 1.82) is 0 Å². The maximum Gasteiger partial charge on any atom is 0.214 e. The van der Waals surface area contributed by atoms with Gasteiger partial charge in [0, 0.05) is 19.3 Å². The Morgan fingerprint density at radius 3 is 2.40 bits per heavy atom. The Morgan fingerprint density at radius 1 is 1.15 bits per heavy atom. The van der Waals surface area contributed by atoms with Gasteiger partial charge in [0.1, 0.15) is 0 Å². The molecule has 6 heteroatoms. The van der Waals surface area contributed by atoms with Crippen LogP contribution in [-0.2, 0) is 14.8 Å². The second kappa shape index (κ2) is 7.73. The first-order valence-corrected chi connectivity index (χ1v) is 9.47. The maximum atomic E-state index is 12.3. The minimum absolute atomic E-state index is 0.126. The summed E-state index contributed by atoms with van der Waals surface area (Å²) in [5, 5.41) is -0.255. The largest absolute Gasteiger partial charge is 0.381 e. The van der Waals surface area contributed by atoms with Crippen molar-refractivity contribution in [2.24, 2.45) is 0 Å². The molecule has 0 amide bonds. The normalized spacial score (nSPS) is 24.1. The van der Waals surface area contributed by atoms with Crippen LogP contribution in [0.15, 0.2) is 0 Å². The quantitative estimate of drug-likeness (QED) is 0.805. The van der Waals surface area contributed by atoms with Crippen LogP contribution in [0.1, 0.15) is 45.4 Å². The molecule has 0 unspecified atom stereocenters. The van der Waals surface area contributed by atoms with Gasteiger partial charge in [-0.2, -0.15) is 0 Å². The number of likely N-dealkylation sites (tertiary alicyclic amines) is 1. The fourth-order valence-electron chi connectivity index (χ4n) is 2.97. The predicted molar refractivity (Wildman–Crippen MR) is 80.3 cm³/mol. The van der Waals surface area contributed by atoms with Crippen molar-refractivity contribution in [3.63, 3.8) is 0 Å². The minimum atomic E-state index is -3.17. The van der Waals surface area contributed by atoms with Crippen molar-refractivity contribution in [3.8, 4) is 0 Å². The van der Waals surface area contributed by atoms with E-state index in [-0.39, 0.29) is 11.3 Å². The van der Waals surface area contributed by atoms with Gasteiger partial charge in [-0.25, -0.2) is 13.1 Å². The fourth-order valence-corrected chi connectivity index (χ4v) is 4.68. The summed E-state index contributed by atoms with van der Waals surface area (Å²) in [6.07, 6.45) is 5.59. The van der Waals surface area contributed by atoms with Gasteiger partial charge in [0.25, 0.3) is 0 Å². The van der Waals surface area contributed by atoms with Crippen molar-refractivity contribution in [3.05, 3.63) is 0 Å².